The fourth-order valence-electron chi connectivity index (χ4n) is 2.61. The van der Waals surface area contributed by atoms with Crippen molar-refractivity contribution >= 4 is 29.3 Å². The van der Waals surface area contributed by atoms with Gasteiger partial charge in [-0.15, -0.1) is 11.8 Å². The molecular weight excluding hydrogens is 288 g/mol. The second-order valence-electron chi connectivity index (χ2n) is 5.87. The maximum atomic E-state index is 12.7. The Morgan fingerprint density at radius 2 is 2.24 bits per heavy atom. The molecule has 0 radical (unpaired) electrons. The first-order chi connectivity index (χ1) is 9.97. The number of benzene rings is 1. The monoisotopic (exact) mass is 306 g/mol. The Morgan fingerprint density at radius 3 is 3.00 bits per heavy atom. The summed E-state index contributed by atoms with van der Waals surface area (Å²) in [5.74, 6) is 0.385. The topological polar surface area (TPSA) is 58.6 Å². The lowest BCUT2D eigenvalue weighted by Gasteiger charge is -2.42. The third-order valence-corrected chi connectivity index (χ3v) is 4.82. The minimum Gasteiger partial charge on any atom is -0.377 e. The van der Waals surface area contributed by atoms with E-state index in [1.165, 1.54) is 11.8 Å². The Kier molecular flexibility index (Phi) is 3.67. The number of anilines is 1. The Labute approximate surface area is 128 Å². The number of ether oxygens (including phenoxy) is 1. The molecule has 2 amide bonds. The van der Waals surface area contributed by atoms with E-state index < -0.39 is 0 Å². The van der Waals surface area contributed by atoms with Crippen molar-refractivity contribution in [1.82, 2.24) is 4.90 Å². The van der Waals surface area contributed by atoms with Crippen molar-refractivity contribution in [3.05, 3.63) is 23.8 Å². The Balaban J connectivity index is 1.88. The van der Waals surface area contributed by atoms with Crippen LogP contribution in [0.2, 0.25) is 0 Å². The average molecular weight is 306 g/mol. The van der Waals surface area contributed by atoms with Gasteiger partial charge in [-0.3, -0.25) is 9.59 Å². The highest BCUT2D eigenvalue weighted by Gasteiger charge is 2.34. The molecule has 6 heteroatoms. The molecule has 1 aromatic rings. The number of carbonyl (C=O) groups is 2. The van der Waals surface area contributed by atoms with Gasteiger partial charge in [-0.1, -0.05) is 0 Å². The van der Waals surface area contributed by atoms with Crippen LogP contribution in [0, 0.1) is 0 Å². The van der Waals surface area contributed by atoms with Crippen LogP contribution >= 0.6 is 11.8 Å². The Bertz CT molecular complexity index is 601. The average Bonchev–Trinajstić information content (AvgIpc) is 2.45. The molecule has 2 aliphatic rings. The van der Waals surface area contributed by atoms with Crippen LogP contribution in [0.25, 0.3) is 0 Å². The van der Waals surface area contributed by atoms with E-state index in [4.69, 9.17) is 4.74 Å². The molecule has 0 unspecified atom stereocenters. The number of morpholine rings is 1. The van der Waals surface area contributed by atoms with E-state index in [1.54, 1.807) is 6.07 Å². The summed E-state index contributed by atoms with van der Waals surface area (Å²) in [6, 6.07) is 5.50. The first-order valence-corrected chi connectivity index (χ1v) is 7.92. The fourth-order valence-corrected chi connectivity index (χ4v) is 3.40. The lowest BCUT2D eigenvalue weighted by Crippen LogP contribution is -2.55. The molecule has 0 bridgehead atoms. The Hall–Kier alpha value is -1.53. The zero-order valence-electron chi connectivity index (χ0n) is 12.1. The van der Waals surface area contributed by atoms with E-state index in [0.29, 0.717) is 31.1 Å². The zero-order valence-corrected chi connectivity index (χ0v) is 13.0. The molecule has 2 heterocycles. The van der Waals surface area contributed by atoms with Crippen molar-refractivity contribution in [2.24, 2.45) is 0 Å². The van der Waals surface area contributed by atoms with E-state index >= 15 is 0 Å². The molecule has 1 N–H and O–H groups in total. The van der Waals surface area contributed by atoms with Crippen LogP contribution in [0.3, 0.4) is 0 Å². The summed E-state index contributed by atoms with van der Waals surface area (Å²) in [5.41, 5.74) is 1.02. The highest BCUT2D eigenvalue weighted by molar-refractivity contribution is 8.00. The van der Waals surface area contributed by atoms with Gasteiger partial charge in [0.15, 0.2) is 0 Å². The predicted molar refractivity (Wildman–Crippen MR) is 81.7 cm³/mol. The second kappa shape index (κ2) is 5.35. The van der Waals surface area contributed by atoms with Crippen molar-refractivity contribution in [2.45, 2.75) is 24.3 Å². The van der Waals surface area contributed by atoms with Crippen molar-refractivity contribution in [3.8, 4) is 0 Å². The van der Waals surface area contributed by atoms with Gasteiger partial charge in [0, 0.05) is 17.0 Å². The van der Waals surface area contributed by atoms with Crippen LogP contribution < -0.4 is 5.32 Å². The van der Waals surface area contributed by atoms with Crippen molar-refractivity contribution < 1.29 is 14.3 Å². The molecule has 1 fully saturated rings. The summed E-state index contributed by atoms with van der Waals surface area (Å²) in [6.45, 7) is 5.69. The highest BCUT2D eigenvalue weighted by atomic mass is 32.2. The zero-order chi connectivity index (χ0) is 15.0. The van der Waals surface area contributed by atoms with Gasteiger partial charge < -0.3 is 15.0 Å². The molecule has 0 aliphatic carbocycles. The number of carbonyl (C=O) groups excluding carboxylic acids is 2. The van der Waals surface area contributed by atoms with Gasteiger partial charge in [-0.25, -0.2) is 0 Å². The van der Waals surface area contributed by atoms with Gasteiger partial charge >= 0.3 is 0 Å². The SMILES string of the molecule is CC1(C)COCCN1C(=O)c1ccc2c(c1)NC(=O)CS2. The Morgan fingerprint density at radius 1 is 1.43 bits per heavy atom. The van der Waals surface area contributed by atoms with Crippen molar-refractivity contribution in [2.75, 3.05) is 30.8 Å². The summed E-state index contributed by atoms with van der Waals surface area (Å²) in [4.78, 5) is 27.1. The molecule has 5 nitrogen and oxygen atoms in total. The highest BCUT2D eigenvalue weighted by Crippen LogP contribution is 2.33. The number of hydrogen-bond donors (Lipinski definition) is 1. The number of amides is 2. The lowest BCUT2D eigenvalue weighted by molar-refractivity contribution is -0.113. The number of nitrogens with zero attached hydrogens (tertiary/aromatic N) is 1. The molecule has 0 saturated carbocycles. The third kappa shape index (κ3) is 2.78. The van der Waals surface area contributed by atoms with Crippen LogP contribution in [0.5, 0.6) is 0 Å². The maximum Gasteiger partial charge on any atom is 0.254 e. The van der Waals surface area contributed by atoms with Gasteiger partial charge in [-0.2, -0.15) is 0 Å². The fraction of sp³-hybridized carbons (Fsp3) is 0.467. The second-order valence-corrected chi connectivity index (χ2v) is 6.89. The van der Waals surface area contributed by atoms with Crippen molar-refractivity contribution in [3.63, 3.8) is 0 Å². The maximum absolute atomic E-state index is 12.7. The molecule has 2 aliphatic heterocycles. The quantitative estimate of drug-likeness (QED) is 0.862. The number of hydrogen-bond acceptors (Lipinski definition) is 4. The standard InChI is InChI=1S/C15H18N2O3S/c1-15(2)9-20-6-5-17(15)14(19)10-3-4-12-11(7-10)16-13(18)8-21-12/h3-4,7H,5-6,8-9H2,1-2H3,(H,16,18). The van der Waals surface area contributed by atoms with Crippen LogP contribution in [0.4, 0.5) is 5.69 Å². The summed E-state index contributed by atoms with van der Waals surface area (Å²) in [6.07, 6.45) is 0. The van der Waals surface area contributed by atoms with Gasteiger partial charge in [0.1, 0.15) is 0 Å². The third-order valence-electron chi connectivity index (χ3n) is 3.75. The van der Waals surface area contributed by atoms with Gasteiger partial charge in [0.25, 0.3) is 5.91 Å². The van der Waals surface area contributed by atoms with Gasteiger partial charge in [0.2, 0.25) is 5.91 Å². The predicted octanol–water partition coefficient (Wildman–Crippen LogP) is 1.98. The summed E-state index contributed by atoms with van der Waals surface area (Å²) in [7, 11) is 0. The van der Waals surface area contributed by atoms with Crippen LogP contribution in [-0.4, -0.2) is 47.8 Å². The smallest absolute Gasteiger partial charge is 0.254 e. The molecule has 3 rings (SSSR count). The number of rotatable bonds is 1. The molecule has 1 aromatic carbocycles. The van der Waals surface area contributed by atoms with E-state index in [9.17, 15) is 9.59 Å². The van der Waals surface area contributed by atoms with Gasteiger partial charge in [0.05, 0.1) is 30.2 Å². The van der Waals surface area contributed by atoms with E-state index in [2.05, 4.69) is 5.32 Å². The molecule has 112 valence electrons. The van der Waals surface area contributed by atoms with E-state index in [0.717, 1.165) is 10.6 Å². The molecule has 21 heavy (non-hydrogen) atoms. The normalized spacial score (nSPS) is 20.7. The summed E-state index contributed by atoms with van der Waals surface area (Å²) >= 11 is 1.50. The first kappa shape index (κ1) is 14.4. The molecular formula is C15H18N2O3S. The van der Waals surface area contributed by atoms with Gasteiger partial charge in [-0.05, 0) is 32.0 Å². The number of thioether (sulfide) groups is 1. The van der Waals surface area contributed by atoms with E-state index in [-0.39, 0.29) is 17.4 Å². The largest absolute Gasteiger partial charge is 0.377 e. The lowest BCUT2D eigenvalue weighted by atomic mass is 10.0. The molecule has 0 atom stereocenters. The van der Waals surface area contributed by atoms with E-state index in [1.807, 2.05) is 30.9 Å². The number of nitrogens with one attached hydrogen (secondary N) is 1. The summed E-state index contributed by atoms with van der Waals surface area (Å²) in [5, 5.41) is 2.82. The minimum atomic E-state index is -0.316. The van der Waals surface area contributed by atoms with Crippen molar-refractivity contribution in [1.29, 1.82) is 0 Å². The minimum absolute atomic E-state index is 0.0177. The number of fused-ring (bicyclic) bond motifs is 1. The van der Waals surface area contributed by atoms with Crippen LogP contribution in [-0.2, 0) is 9.53 Å². The summed E-state index contributed by atoms with van der Waals surface area (Å²) < 4.78 is 5.45. The van der Waals surface area contributed by atoms with Crippen LogP contribution in [0.15, 0.2) is 23.1 Å². The molecule has 1 saturated heterocycles. The molecule has 0 spiro atoms. The van der Waals surface area contributed by atoms with Crippen LogP contribution in [0.1, 0.15) is 24.2 Å². The first-order valence-electron chi connectivity index (χ1n) is 6.94. The molecule has 0 aromatic heterocycles.